The van der Waals surface area contributed by atoms with E-state index in [1.807, 2.05) is 18.2 Å². The predicted octanol–water partition coefficient (Wildman–Crippen LogP) is 3.38. The number of hydrogen-bond acceptors (Lipinski definition) is 2. The smallest absolute Gasteiger partial charge is 0.170 e. The number of Topliss-reactive ketones (excluding diaryl/α,β-unsaturated/α-hetero) is 1. The molecule has 1 N–H and O–H groups in total. The highest BCUT2D eigenvalue weighted by atomic mass is 16.3. The molecule has 90 valence electrons. The van der Waals surface area contributed by atoms with Gasteiger partial charge in [0.05, 0.1) is 5.56 Å². The first-order valence-corrected chi connectivity index (χ1v) is 6.14. The first-order valence-electron chi connectivity index (χ1n) is 6.14. The molecular weight excluding hydrogens is 224 g/mol. The molecule has 2 nitrogen and oxygen atoms in total. The van der Waals surface area contributed by atoms with E-state index in [0.29, 0.717) is 11.5 Å². The van der Waals surface area contributed by atoms with E-state index in [1.54, 1.807) is 24.3 Å². The Hall–Kier alpha value is -2.09. The van der Waals surface area contributed by atoms with Crippen LogP contribution < -0.4 is 0 Å². The fraction of sp³-hybridized carbons (Fsp3) is 0.188. The lowest BCUT2D eigenvalue weighted by molar-refractivity contribution is 0.0962. The van der Waals surface area contributed by atoms with E-state index in [1.165, 1.54) is 5.56 Å². The van der Waals surface area contributed by atoms with Gasteiger partial charge in [-0.05, 0) is 30.0 Å². The molecule has 2 unspecified atom stereocenters. The number of carbonyl (C=O) groups excluding carboxylic acids is 1. The minimum Gasteiger partial charge on any atom is -0.507 e. The fourth-order valence-corrected chi connectivity index (χ4v) is 2.44. The van der Waals surface area contributed by atoms with Crippen LogP contribution >= 0.6 is 0 Å². The van der Waals surface area contributed by atoms with Crippen molar-refractivity contribution in [1.29, 1.82) is 0 Å². The average molecular weight is 238 g/mol. The van der Waals surface area contributed by atoms with E-state index in [-0.39, 0.29) is 17.5 Å². The molecule has 2 aromatic carbocycles. The van der Waals surface area contributed by atoms with Crippen LogP contribution in [0, 0.1) is 5.92 Å². The van der Waals surface area contributed by atoms with Gasteiger partial charge in [-0.2, -0.15) is 0 Å². The van der Waals surface area contributed by atoms with Gasteiger partial charge in [0.2, 0.25) is 0 Å². The van der Waals surface area contributed by atoms with Gasteiger partial charge in [-0.3, -0.25) is 4.79 Å². The molecule has 3 rings (SSSR count). The van der Waals surface area contributed by atoms with Gasteiger partial charge in [-0.25, -0.2) is 0 Å². The van der Waals surface area contributed by atoms with Crippen LogP contribution in [-0.2, 0) is 0 Å². The van der Waals surface area contributed by atoms with Crippen molar-refractivity contribution in [2.24, 2.45) is 5.92 Å². The van der Waals surface area contributed by atoms with Gasteiger partial charge in [-0.15, -0.1) is 0 Å². The predicted molar refractivity (Wildman–Crippen MR) is 69.7 cm³/mol. The molecule has 1 aliphatic carbocycles. The molecular formula is C16H14O2. The summed E-state index contributed by atoms with van der Waals surface area (Å²) in [5.74, 6) is 0.488. The second-order valence-corrected chi connectivity index (χ2v) is 4.74. The fourth-order valence-electron chi connectivity index (χ4n) is 2.44. The third-order valence-corrected chi connectivity index (χ3v) is 3.52. The van der Waals surface area contributed by atoms with Crippen molar-refractivity contribution < 1.29 is 9.90 Å². The van der Waals surface area contributed by atoms with Crippen molar-refractivity contribution in [2.75, 3.05) is 0 Å². The van der Waals surface area contributed by atoms with Crippen LogP contribution in [-0.4, -0.2) is 10.9 Å². The van der Waals surface area contributed by atoms with Crippen LogP contribution in [0.4, 0.5) is 0 Å². The molecule has 0 bridgehead atoms. The van der Waals surface area contributed by atoms with E-state index in [4.69, 9.17) is 0 Å². The highest BCUT2D eigenvalue weighted by Gasteiger charge is 2.44. The van der Waals surface area contributed by atoms with Gasteiger partial charge in [0.1, 0.15) is 5.75 Å². The lowest BCUT2D eigenvalue weighted by Crippen LogP contribution is -2.03. The molecule has 0 amide bonds. The first kappa shape index (κ1) is 11.0. The quantitative estimate of drug-likeness (QED) is 0.832. The molecule has 2 atom stereocenters. The summed E-state index contributed by atoms with van der Waals surface area (Å²) in [6.45, 7) is 0. The molecule has 2 heteroatoms. The lowest BCUT2D eigenvalue weighted by Gasteiger charge is -2.03. The highest BCUT2D eigenvalue weighted by molar-refractivity contribution is 6.02. The van der Waals surface area contributed by atoms with Crippen LogP contribution in [0.15, 0.2) is 54.6 Å². The summed E-state index contributed by atoms with van der Waals surface area (Å²) in [5.41, 5.74) is 1.66. The topological polar surface area (TPSA) is 37.3 Å². The van der Waals surface area contributed by atoms with Crippen molar-refractivity contribution in [1.82, 2.24) is 0 Å². The molecule has 0 heterocycles. The number of phenols is 1. The lowest BCUT2D eigenvalue weighted by atomic mass is 10.0. The van der Waals surface area contributed by atoms with Gasteiger partial charge in [-0.1, -0.05) is 42.5 Å². The number of hydrogen-bond donors (Lipinski definition) is 1. The molecule has 1 fully saturated rings. The summed E-state index contributed by atoms with van der Waals surface area (Å²) in [6.07, 6.45) is 0.886. The molecule has 2 aromatic rings. The van der Waals surface area contributed by atoms with E-state index in [0.717, 1.165) is 6.42 Å². The van der Waals surface area contributed by atoms with Gasteiger partial charge >= 0.3 is 0 Å². The van der Waals surface area contributed by atoms with Crippen LogP contribution in [0.3, 0.4) is 0 Å². The Labute approximate surface area is 106 Å². The zero-order valence-electron chi connectivity index (χ0n) is 9.91. The Morgan fingerprint density at radius 3 is 2.39 bits per heavy atom. The van der Waals surface area contributed by atoms with Crippen molar-refractivity contribution in [3.8, 4) is 5.75 Å². The van der Waals surface area contributed by atoms with Gasteiger partial charge in [0.25, 0.3) is 0 Å². The molecule has 1 saturated carbocycles. The number of ketones is 1. The minimum absolute atomic E-state index is 0.0284. The van der Waals surface area contributed by atoms with E-state index >= 15 is 0 Å². The Bertz CT molecular complexity index is 575. The summed E-state index contributed by atoms with van der Waals surface area (Å²) in [6, 6.07) is 16.9. The molecule has 0 spiro atoms. The summed E-state index contributed by atoms with van der Waals surface area (Å²) < 4.78 is 0. The van der Waals surface area contributed by atoms with Gasteiger partial charge < -0.3 is 5.11 Å². The third kappa shape index (κ3) is 1.90. The summed E-state index contributed by atoms with van der Waals surface area (Å²) in [4.78, 5) is 12.3. The second kappa shape index (κ2) is 4.30. The molecule has 0 aliphatic heterocycles. The highest BCUT2D eigenvalue weighted by Crippen LogP contribution is 2.49. The molecule has 0 saturated heterocycles. The van der Waals surface area contributed by atoms with Crippen molar-refractivity contribution in [3.63, 3.8) is 0 Å². The number of aromatic hydroxyl groups is 1. The van der Waals surface area contributed by atoms with Crippen molar-refractivity contribution >= 4 is 5.78 Å². The molecule has 0 aromatic heterocycles. The van der Waals surface area contributed by atoms with Gasteiger partial charge in [0, 0.05) is 5.92 Å². The Morgan fingerprint density at radius 1 is 1.00 bits per heavy atom. The van der Waals surface area contributed by atoms with Crippen LogP contribution in [0.2, 0.25) is 0 Å². The molecule has 1 aliphatic rings. The zero-order chi connectivity index (χ0) is 12.5. The number of para-hydroxylation sites is 1. The monoisotopic (exact) mass is 238 g/mol. The standard InChI is InChI=1S/C16H14O2/c17-15-9-5-4-8-12(15)16(18)14-10-13(14)11-6-2-1-3-7-11/h1-9,13-14,17H,10H2. The maximum atomic E-state index is 12.3. The maximum Gasteiger partial charge on any atom is 0.170 e. The number of rotatable bonds is 3. The zero-order valence-corrected chi connectivity index (χ0v) is 9.91. The normalized spacial score (nSPS) is 21.6. The van der Waals surface area contributed by atoms with E-state index in [2.05, 4.69) is 12.1 Å². The van der Waals surface area contributed by atoms with Crippen LogP contribution in [0.25, 0.3) is 0 Å². The number of benzene rings is 2. The summed E-state index contributed by atoms with van der Waals surface area (Å²) >= 11 is 0. The second-order valence-electron chi connectivity index (χ2n) is 4.74. The largest absolute Gasteiger partial charge is 0.507 e. The third-order valence-electron chi connectivity index (χ3n) is 3.52. The Morgan fingerprint density at radius 2 is 1.67 bits per heavy atom. The van der Waals surface area contributed by atoms with E-state index < -0.39 is 0 Å². The van der Waals surface area contributed by atoms with Crippen LogP contribution in [0.5, 0.6) is 5.75 Å². The molecule has 0 radical (unpaired) electrons. The van der Waals surface area contributed by atoms with Crippen molar-refractivity contribution in [3.05, 3.63) is 65.7 Å². The minimum atomic E-state index is 0.0284. The first-order chi connectivity index (χ1) is 8.77. The SMILES string of the molecule is O=C(c1ccccc1O)C1CC1c1ccccc1. The number of carbonyl (C=O) groups is 1. The van der Waals surface area contributed by atoms with Crippen LogP contribution in [0.1, 0.15) is 28.3 Å². The maximum absolute atomic E-state index is 12.3. The Kier molecular flexibility index (Phi) is 2.63. The Balaban J connectivity index is 1.80. The molecule has 18 heavy (non-hydrogen) atoms. The average Bonchev–Trinajstić information content (AvgIpc) is 3.20. The number of phenolic OH excluding ortho intramolecular Hbond substituents is 1. The van der Waals surface area contributed by atoms with Crippen molar-refractivity contribution in [2.45, 2.75) is 12.3 Å². The van der Waals surface area contributed by atoms with E-state index in [9.17, 15) is 9.90 Å². The van der Waals surface area contributed by atoms with Gasteiger partial charge in [0.15, 0.2) is 5.78 Å². The summed E-state index contributed by atoms with van der Waals surface area (Å²) in [7, 11) is 0. The summed E-state index contributed by atoms with van der Waals surface area (Å²) in [5, 5.41) is 9.69.